The number of nitrogens with one attached hydrogen (secondary N) is 1. The molecule has 0 aromatic carbocycles. The Balaban J connectivity index is 2.40. The topological polar surface area (TPSA) is 45.4 Å². The molecule has 1 heterocycles. The number of hydrogen-bond acceptors (Lipinski definition) is 3. The van der Waals surface area contributed by atoms with Gasteiger partial charge in [-0.25, -0.2) is 0 Å². The maximum atomic E-state index is 8.89. The number of furan rings is 1. The summed E-state index contributed by atoms with van der Waals surface area (Å²) in [6, 6.07) is 4.14. The fraction of sp³-hybridized carbons (Fsp3) is 0.636. The van der Waals surface area contributed by atoms with E-state index in [9.17, 15) is 0 Å². The second kappa shape index (κ2) is 5.83. The minimum Gasteiger partial charge on any atom is -0.468 e. The predicted octanol–water partition coefficient (Wildman–Crippen LogP) is 1.95. The third kappa shape index (κ3) is 3.16. The van der Waals surface area contributed by atoms with Crippen LogP contribution in [0.15, 0.2) is 22.8 Å². The predicted molar refractivity (Wildman–Crippen MR) is 56.0 cm³/mol. The summed E-state index contributed by atoms with van der Waals surface area (Å²) in [5.74, 6) is 1.26. The molecule has 2 unspecified atom stereocenters. The van der Waals surface area contributed by atoms with Crippen molar-refractivity contribution in [2.75, 3.05) is 13.2 Å². The largest absolute Gasteiger partial charge is 0.468 e. The van der Waals surface area contributed by atoms with Crippen molar-refractivity contribution in [3.05, 3.63) is 24.2 Å². The number of aliphatic hydroxyl groups excluding tert-OH is 1. The van der Waals surface area contributed by atoms with Crippen molar-refractivity contribution in [2.24, 2.45) is 5.92 Å². The Morgan fingerprint density at radius 1 is 1.57 bits per heavy atom. The van der Waals surface area contributed by atoms with Crippen LogP contribution < -0.4 is 5.32 Å². The van der Waals surface area contributed by atoms with Gasteiger partial charge in [-0.3, -0.25) is 0 Å². The maximum absolute atomic E-state index is 8.89. The first-order valence-corrected chi connectivity index (χ1v) is 5.15. The molecule has 0 bridgehead atoms. The van der Waals surface area contributed by atoms with E-state index in [4.69, 9.17) is 9.52 Å². The Hall–Kier alpha value is -0.800. The molecule has 0 radical (unpaired) electrons. The van der Waals surface area contributed by atoms with E-state index in [0.717, 1.165) is 18.7 Å². The fourth-order valence-electron chi connectivity index (χ4n) is 1.34. The molecule has 0 aliphatic heterocycles. The maximum Gasteiger partial charge on any atom is 0.120 e. The number of aliphatic hydroxyl groups is 1. The van der Waals surface area contributed by atoms with Crippen molar-refractivity contribution in [3.63, 3.8) is 0 Å². The van der Waals surface area contributed by atoms with Crippen molar-refractivity contribution >= 4 is 0 Å². The lowest BCUT2D eigenvalue weighted by Crippen LogP contribution is -2.27. The highest BCUT2D eigenvalue weighted by molar-refractivity contribution is 5.03. The van der Waals surface area contributed by atoms with Crippen molar-refractivity contribution < 1.29 is 9.52 Å². The van der Waals surface area contributed by atoms with Crippen molar-refractivity contribution in [2.45, 2.75) is 26.3 Å². The zero-order valence-corrected chi connectivity index (χ0v) is 8.86. The van der Waals surface area contributed by atoms with Gasteiger partial charge in [0.15, 0.2) is 0 Å². The van der Waals surface area contributed by atoms with E-state index in [0.29, 0.717) is 5.92 Å². The lowest BCUT2D eigenvalue weighted by Gasteiger charge is -2.16. The summed E-state index contributed by atoms with van der Waals surface area (Å²) in [5.41, 5.74) is 0. The standard InChI is InChI=1S/C11H19NO2/c1-3-10(11-5-4-6-14-11)12-7-9(2)8-13/h4-6,9-10,12-13H,3,7-8H2,1-2H3. The smallest absolute Gasteiger partial charge is 0.120 e. The molecule has 3 heteroatoms. The van der Waals surface area contributed by atoms with Crippen LogP contribution in [0.4, 0.5) is 0 Å². The Morgan fingerprint density at radius 3 is 2.86 bits per heavy atom. The Labute approximate surface area is 85.1 Å². The van der Waals surface area contributed by atoms with Crippen LogP contribution in [0.2, 0.25) is 0 Å². The third-order valence-electron chi connectivity index (χ3n) is 2.32. The molecule has 2 N–H and O–H groups in total. The normalized spacial score (nSPS) is 15.4. The first-order valence-electron chi connectivity index (χ1n) is 5.15. The van der Waals surface area contributed by atoms with Crippen LogP contribution in [0.1, 0.15) is 32.1 Å². The van der Waals surface area contributed by atoms with Gasteiger partial charge in [0, 0.05) is 13.2 Å². The monoisotopic (exact) mass is 197 g/mol. The van der Waals surface area contributed by atoms with Gasteiger partial charge in [0.25, 0.3) is 0 Å². The summed E-state index contributed by atoms with van der Waals surface area (Å²) >= 11 is 0. The minimum absolute atomic E-state index is 0.224. The summed E-state index contributed by atoms with van der Waals surface area (Å²) in [6.45, 7) is 5.17. The minimum atomic E-state index is 0.224. The molecular weight excluding hydrogens is 178 g/mol. The van der Waals surface area contributed by atoms with E-state index in [1.165, 1.54) is 0 Å². The van der Waals surface area contributed by atoms with Gasteiger partial charge in [0.2, 0.25) is 0 Å². The first kappa shape index (κ1) is 11.3. The second-order valence-corrected chi connectivity index (χ2v) is 3.67. The highest BCUT2D eigenvalue weighted by Crippen LogP contribution is 2.16. The molecule has 14 heavy (non-hydrogen) atoms. The molecule has 0 aliphatic carbocycles. The summed E-state index contributed by atoms with van der Waals surface area (Å²) in [4.78, 5) is 0. The van der Waals surface area contributed by atoms with Crippen LogP contribution in [0, 0.1) is 5.92 Å². The number of hydrogen-bond donors (Lipinski definition) is 2. The molecular formula is C11H19NO2. The van der Waals surface area contributed by atoms with Crippen molar-refractivity contribution in [3.8, 4) is 0 Å². The van der Waals surface area contributed by atoms with Gasteiger partial charge >= 0.3 is 0 Å². The van der Waals surface area contributed by atoms with Crippen LogP contribution in [0.5, 0.6) is 0 Å². The average molecular weight is 197 g/mol. The molecule has 0 spiro atoms. The Morgan fingerprint density at radius 2 is 2.36 bits per heavy atom. The van der Waals surface area contributed by atoms with Gasteiger partial charge in [-0.05, 0) is 24.5 Å². The quantitative estimate of drug-likeness (QED) is 0.732. The summed E-state index contributed by atoms with van der Waals surface area (Å²) in [5, 5.41) is 12.3. The van der Waals surface area contributed by atoms with Crippen molar-refractivity contribution in [1.29, 1.82) is 0 Å². The third-order valence-corrected chi connectivity index (χ3v) is 2.32. The van der Waals surface area contributed by atoms with Crippen LogP contribution in [0.3, 0.4) is 0 Å². The average Bonchev–Trinajstić information content (AvgIpc) is 2.72. The fourth-order valence-corrected chi connectivity index (χ4v) is 1.34. The SMILES string of the molecule is CCC(NCC(C)CO)c1ccco1. The molecule has 2 atom stereocenters. The zero-order chi connectivity index (χ0) is 10.4. The van der Waals surface area contributed by atoms with E-state index in [-0.39, 0.29) is 12.6 Å². The first-order chi connectivity index (χ1) is 6.77. The van der Waals surface area contributed by atoms with E-state index >= 15 is 0 Å². The van der Waals surface area contributed by atoms with Gasteiger partial charge in [0.05, 0.1) is 12.3 Å². The zero-order valence-electron chi connectivity index (χ0n) is 8.86. The molecule has 0 saturated carbocycles. The summed E-state index contributed by atoms with van der Waals surface area (Å²) in [7, 11) is 0. The molecule has 0 amide bonds. The second-order valence-electron chi connectivity index (χ2n) is 3.67. The molecule has 0 aliphatic rings. The summed E-state index contributed by atoms with van der Waals surface area (Å²) < 4.78 is 5.33. The van der Waals surface area contributed by atoms with E-state index in [2.05, 4.69) is 12.2 Å². The van der Waals surface area contributed by atoms with Crippen LogP contribution in [-0.4, -0.2) is 18.3 Å². The lowest BCUT2D eigenvalue weighted by molar-refractivity contribution is 0.227. The van der Waals surface area contributed by atoms with Crippen LogP contribution >= 0.6 is 0 Å². The van der Waals surface area contributed by atoms with Gasteiger partial charge in [-0.15, -0.1) is 0 Å². The van der Waals surface area contributed by atoms with E-state index < -0.39 is 0 Å². The molecule has 80 valence electrons. The van der Waals surface area contributed by atoms with Gasteiger partial charge in [-0.1, -0.05) is 13.8 Å². The molecule has 0 saturated heterocycles. The van der Waals surface area contributed by atoms with Crippen LogP contribution in [0.25, 0.3) is 0 Å². The Bertz CT molecular complexity index is 233. The molecule has 0 fully saturated rings. The van der Waals surface area contributed by atoms with Gasteiger partial charge < -0.3 is 14.8 Å². The van der Waals surface area contributed by atoms with Gasteiger partial charge in [0.1, 0.15) is 5.76 Å². The Kier molecular flexibility index (Phi) is 4.70. The lowest BCUT2D eigenvalue weighted by atomic mass is 10.1. The molecule has 1 rings (SSSR count). The van der Waals surface area contributed by atoms with Crippen LogP contribution in [-0.2, 0) is 0 Å². The summed E-state index contributed by atoms with van der Waals surface area (Å²) in [6.07, 6.45) is 2.68. The molecule has 3 nitrogen and oxygen atoms in total. The number of rotatable bonds is 6. The van der Waals surface area contributed by atoms with Crippen molar-refractivity contribution in [1.82, 2.24) is 5.32 Å². The van der Waals surface area contributed by atoms with E-state index in [1.807, 2.05) is 19.1 Å². The van der Waals surface area contributed by atoms with Gasteiger partial charge in [-0.2, -0.15) is 0 Å². The van der Waals surface area contributed by atoms with E-state index in [1.54, 1.807) is 6.26 Å². The molecule has 1 aromatic rings. The highest BCUT2D eigenvalue weighted by Gasteiger charge is 2.12. The molecule has 1 aromatic heterocycles. The highest BCUT2D eigenvalue weighted by atomic mass is 16.3.